The Morgan fingerprint density at radius 1 is 1.28 bits per heavy atom. The van der Waals surface area contributed by atoms with Crippen LogP contribution in [0.2, 0.25) is 0 Å². The van der Waals surface area contributed by atoms with Crippen molar-refractivity contribution in [3.8, 4) is 0 Å². The lowest BCUT2D eigenvalue weighted by atomic mass is 9.88. The molecular formula is C21H35IN6O. The highest BCUT2D eigenvalue weighted by atomic mass is 127. The number of nitrogens with zero attached hydrogens (tertiary/aromatic N) is 4. The van der Waals surface area contributed by atoms with Crippen LogP contribution in [0.15, 0.2) is 23.3 Å². The van der Waals surface area contributed by atoms with E-state index in [1.807, 2.05) is 36.2 Å². The number of nitrogens with one attached hydrogen (secondary N) is 2. The Kier molecular flexibility index (Phi) is 9.45. The largest absolute Gasteiger partial charge is 0.362 e. The summed E-state index contributed by atoms with van der Waals surface area (Å²) >= 11 is 0. The molecule has 1 saturated carbocycles. The van der Waals surface area contributed by atoms with Gasteiger partial charge < -0.3 is 20.4 Å². The quantitative estimate of drug-likeness (QED) is 0.359. The Morgan fingerprint density at radius 2 is 2.03 bits per heavy atom. The summed E-state index contributed by atoms with van der Waals surface area (Å²) in [4.78, 5) is 25.6. The number of amides is 1. The van der Waals surface area contributed by atoms with Gasteiger partial charge in [0.25, 0.3) is 0 Å². The predicted octanol–water partition coefficient (Wildman–Crippen LogP) is 2.61. The van der Waals surface area contributed by atoms with Crippen molar-refractivity contribution in [2.75, 3.05) is 39.1 Å². The Morgan fingerprint density at radius 3 is 2.72 bits per heavy atom. The maximum atomic E-state index is 12.8. The Hall–Kier alpha value is -1.58. The molecule has 3 rings (SSSR count). The van der Waals surface area contributed by atoms with Crippen LogP contribution in [0.4, 0.5) is 5.82 Å². The molecule has 8 heteroatoms. The van der Waals surface area contributed by atoms with Crippen LogP contribution in [0.3, 0.4) is 0 Å². The van der Waals surface area contributed by atoms with Gasteiger partial charge >= 0.3 is 0 Å². The maximum Gasteiger partial charge on any atom is 0.225 e. The minimum atomic E-state index is 0. The van der Waals surface area contributed by atoms with Crippen LogP contribution in [-0.2, 0) is 11.3 Å². The third-order valence-corrected chi connectivity index (χ3v) is 5.76. The lowest BCUT2D eigenvalue weighted by Gasteiger charge is -2.26. The van der Waals surface area contributed by atoms with Crippen molar-refractivity contribution in [2.24, 2.45) is 10.9 Å². The molecule has 1 saturated heterocycles. The molecule has 2 aliphatic rings. The van der Waals surface area contributed by atoms with Crippen LogP contribution in [0, 0.1) is 5.92 Å². The first-order valence-electron chi connectivity index (χ1n) is 10.5. The molecule has 0 bridgehead atoms. The number of carbonyl (C=O) groups is 1. The number of pyridine rings is 1. The summed E-state index contributed by atoms with van der Waals surface area (Å²) in [5.74, 6) is 2.33. The van der Waals surface area contributed by atoms with Crippen molar-refractivity contribution >= 4 is 41.7 Å². The molecule has 1 aromatic rings. The first-order chi connectivity index (χ1) is 13.6. The Balaban J connectivity index is 0.00000300. The number of rotatable bonds is 5. The molecule has 1 aromatic heterocycles. The van der Waals surface area contributed by atoms with E-state index in [2.05, 4.69) is 26.7 Å². The van der Waals surface area contributed by atoms with Crippen molar-refractivity contribution in [1.29, 1.82) is 0 Å². The van der Waals surface area contributed by atoms with Gasteiger partial charge in [-0.25, -0.2) is 4.98 Å². The van der Waals surface area contributed by atoms with Crippen LogP contribution in [-0.4, -0.2) is 62.0 Å². The van der Waals surface area contributed by atoms with Crippen molar-refractivity contribution in [2.45, 2.75) is 51.1 Å². The summed E-state index contributed by atoms with van der Waals surface area (Å²) in [6.45, 7) is 2.27. The van der Waals surface area contributed by atoms with E-state index in [1.54, 1.807) is 7.05 Å². The summed E-state index contributed by atoms with van der Waals surface area (Å²) in [7, 11) is 5.77. The molecule has 0 radical (unpaired) electrons. The maximum absolute atomic E-state index is 12.8. The highest BCUT2D eigenvalue weighted by molar-refractivity contribution is 14.0. The number of halogens is 1. The number of anilines is 1. The summed E-state index contributed by atoms with van der Waals surface area (Å²) in [5.41, 5.74) is 1.12. The molecular weight excluding hydrogens is 479 g/mol. The van der Waals surface area contributed by atoms with Gasteiger partial charge in [-0.2, -0.15) is 0 Å². The summed E-state index contributed by atoms with van der Waals surface area (Å²) < 4.78 is 0. The molecule has 162 valence electrons. The fourth-order valence-electron chi connectivity index (χ4n) is 4.22. The summed E-state index contributed by atoms with van der Waals surface area (Å²) in [6.07, 6.45) is 8.59. The van der Waals surface area contributed by atoms with Gasteiger partial charge in [-0.1, -0.05) is 25.3 Å². The SMILES string of the molecule is CN=C(NCc1cccnc1N(C)C)NC1CCN(C(=O)C2CCCCC2)C1.I. The zero-order valence-electron chi connectivity index (χ0n) is 17.9. The smallest absolute Gasteiger partial charge is 0.225 e. The van der Waals surface area contributed by atoms with E-state index in [4.69, 9.17) is 0 Å². The molecule has 1 amide bonds. The second-order valence-corrected chi connectivity index (χ2v) is 8.06. The molecule has 0 aromatic carbocycles. The second kappa shape index (κ2) is 11.6. The van der Waals surface area contributed by atoms with Crippen molar-refractivity contribution in [3.63, 3.8) is 0 Å². The molecule has 1 unspecified atom stereocenters. The molecule has 7 nitrogen and oxygen atoms in total. The Labute approximate surface area is 191 Å². The van der Waals surface area contributed by atoms with E-state index in [0.29, 0.717) is 12.5 Å². The van der Waals surface area contributed by atoms with E-state index in [-0.39, 0.29) is 35.9 Å². The van der Waals surface area contributed by atoms with Gasteiger partial charge in [-0.3, -0.25) is 9.79 Å². The highest BCUT2D eigenvalue weighted by Gasteiger charge is 2.31. The van der Waals surface area contributed by atoms with Crippen LogP contribution < -0.4 is 15.5 Å². The molecule has 1 aliphatic heterocycles. The van der Waals surface area contributed by atoms with Crippen molar-refractivity contribution < 1.29 is 4.79 Å². The zero-order chi connectivity index (χ0) is 19.9. The molecule has 29 heavy (non-hydrogen) atoms. The molecule has 2 N–H and O–H groups in total. The average Bonchev–Trinajstić information content (AvgIpc) is 3.19. The molecule has 2 fully saturated rings. The lowest BCUT2D eigenvalue weighted by Crippen LogP contribution is -2.45. The average molecular weight is 514 g/mol. The molecule has 2 heterocycles. The first-order valence-corrected chi connectivity index (χ1v) is 10.5. The summed E-state index contributed by atoms with van der Waals surface area (Å²) in [5, 5.41) is 6.87. The number of aromatic nitrogens is 1. The number of carbonyl (C=O) groups excluding carboxylic acids is 1. The Bertz CT molecular complexity index is 690. The number of likely N-dealkylation sites (tertiary alicyclic amines) is 1. The van der Waals surface area contributed by atoms with E-state index in [9.17, 15) is 4.79 Å². The van der Waals surface area contributed by atoms with Crippen LogP contribution in [0.1, 0.15) is 44.1 Å². The van der Waals surface area contributed by atoms with Gasteiger partial charge in [0.2, 0.25) is 5.91 Å². The third-order valence-electron chi connectivity index (χ3n) is 5.76. The molecule has 1 atom stereocenters. The molecule has 1 aliphatic carbocycles. The highest BCUT2D eigenvalue weighted by Crippen LogP contribution is 2.26. The number of aliphatic imine (C=N–C) groups is 1. The summed E-state index contributed by atoms with van der Waals surface area (Å²) in [6, 6.07) is 4.27. The topological polar surface area (TPSA) is 72.9 Å². The minimum absolute atomic E-state index is 0. The number of hydrogen-bond acceptors (Lipinski definition) is 4. The standard InChI is InChI=1S/C21H34N6O.HI/c1-22-21(24-14-17-10-7-12-23-19(17)26(2)3)25-18-11-13-27(15-18)20(28)16-8-5-4-6-9-16;/h7,10,12,16,18H,4-6,8-9,11,13-15H2,1-3H3,(H2,22,24,25);1H. The normalized spacial score (nSPS) is 20.2. The number of guanidine groups is 1. The molecule has 0 spiro atoms. The van der Waals surface area contributed by atoms with Crippen LogP contribution >= 0.6 is 24.0 Å². The van der Waals surface area contributed by atoms with Gasteiger partial charge in [0.1, 0.15) is 5.82 Å². The van der Waals surface area contributed by atoms with Gasteiger partial charge in [0.05, 0.1) is 0 Å². The van der Waals surface area contributed by atoms with E-state index >= 15 is 0 Å². The third kappa shape index (κ3) is 6.45. The first kappa shape index (κ1) is 23.7. The van der Waals surface area contributed by atoms with Gasteiger partial charge in [0, 0.05) is 64.5 Å². The number of hydrogen-bond donors (Lipinski definition) is 2. The van der Waals surface area contributed by atoms with Crippen LogP contribution in [0.5, 0.6) is 0 Å². The second-order valence-electron chi connectivity index (χ2n) is 8.06. The van der Waals surface area contributed by atoms with E-state index in [1.165, 1.54) is 19.3 Å². The van der Waals surface area contributed by atoms with Crippen LogP contribution in [0.25, 0.3) is 0 Å². The van der Waals surface area contributed by atoms with Gasteiger partial charge in [-0.15, -0.1) is 24.0 Å². The predicted molar refractivity (Wildman–Crippen MR) is 129 cm³/mol. The fourth-order valence-corrected chi connectivity index (χ4v) is 4.22. The zero-order valence-corrected chi connectivity index (χ0v) is 20.2. The lowest BCUT2D eigenvalue weighted by molar-refractivity contribution is -0.135. The van der Waals surface area contributed by atoms with Gasteiger partial charge in [0.15, 0.2) is 5.96 Å². The van der Waals surface area contributed by atoms with Crippen molar-refractivity contribution in [3.05, 3.63) is 23.9 Å². The van der Waals surface area contributed by atoms with E-state index < -0.39 is 0 Å². The van der Waals surface area contributed by atoms with Gasteiger partial charge in [-0.05, 0) is 25.3 Å². The monoisotopic (exact) mass is 514 g/mol. The van der Waals surface area contributed by atoms with E-state index in [0.717, 1.165) is 49.7 Å². The minimum Gasteiger partial charge on any atom is -0.362 e. The fraction of sp³-hybridized carbons (Fsp3) is 0.667. The van der Waals surface area contributed by atoms with Crippen molar-refractivity contribution in [1.82, 2.24) is 20.5 Å².